The van der Waals surface area contributed by atoms with E-state index in [0.717, 1.165) is 89.9 Å². The van der Waals surface area contributed by atoms with Crippen LogP contribution in [0.4, 0.5) is 0 Å². The van der Waals surface area contributed by atoms with Gasteiger partial charge in [-0.2, -0.15) is 0 Å². The number of phosphoric acid groups is 1. The van der Waals surface area contributed by atoms with Crippen molar-refractivity contribution in [2.45, 2.75) is 341 Å². The molecule has 0 aliphatic carbocycles. The van der Waals surface area contributed by atoms with Gasteiger partial charge in [-0.3, -0.25) is 18.6 Å². The van der Waals surface area contributed by atoms with Crippen molar-refractivity contribution in [3.05, 3.63) is 109 Å². The molecule has 0 amide bonds. The molecule has 0 aliphatic heterocycles. The molecule has 9 nitrogen and oxygen atoms in total. The standard InChI is InChI=1S/C77H136NO8P/c1-3-5-7-9-11-13-15-17-19-21-23-25-27-29-30-31-32-33-34-35-36-37-38-39-40-41-42-43-44-46-48-50-52-54-56-58-60-62-64-66-68-70-77(80)86-75(74-85-87(81,82)84-72-71-78)73-83-76(79)69-67-65-63-61-59-57-55-53-51-49-47-45-28-26-24-22-20-18-16-14-12-10-8-6-4-2/h5,7,11,13,16-19,22-25,29-30,32-33,35-36,75H,3-4,6,8-10,12,14-15,20-21,26-28,31,34,37-74,78H2,1-2H3,(H,81,82)/b7-5-,13-11-,18-16-,19-17-,24-22-,25-23-,30-29-,33-32-,36-35-. The van der Waals surface area contributed by atoms with Gasteiger partial charge in [-0.1, -0.05) is 329 Å². The van der Waals surface area contributed by atoms with E-state index in [1.54, 1.807) is 0 Å². The first kappa shape index (κ1) is 83.7. The minimum Gasteiger partial charge on any atom is -0.462 e. The number of rotatable bonds is 68. The molecule has 0 bridgehead atoms. The maximum atomic E-state index is 12.8. The van der Waals surface area contributed by atoms with Crippen molar-refractivity contribution in [1.29, 1.82) is 0 Å². The number of hydrogen-bond acceptors (Lipinski definition) is 8. The molecule has 0 aliphatic rings. The Hall–Kier alpha value is -3.33. The van der Waals surface area contributed by atoms with E-state index < -0.39 is 26.5 Å². The van der Waals surface area contributed by atoms with Crippen LogP contribution in [0.15, 0.2) is 109 Å². The molecule has 0 spiro atoms. The lowest BCUT2D eigenvalue weighted by Crippen LogP contribution is -2.29. The van der Waals surface area contributed by atoms with E-state index in [1.165, 1.54) is 212 Å². The van der Waals surface area contributed by atoms with Gasteiger partial charge < -0.3 is 20.1 Å². The topological polar surface area (TPSA) is 134 Å². The van der Waals surface area contributed by atoms with E-state index in [1.807, 2.05) is 0 Å². The Balaban J connectivity index is 3.83. The van der Waals surface area contributed by atoms with Gasteiger partial charge in [-0.25, -0.2) is 4.57 Å². The lowest BCUT2D eigenvalue weighted by atomic mass is 10.0. The third-order valence-electron chi connectivity index (χ3n) is 15.6. The maximum absolute atomic E-state index is 12.8. The predicted octanol–water partition coefficient (Wildman–Crippen LogP) is 24.1. The molecular formula is C77H136NO8P. The minimum atomic E-state index is -4.40. The second-order valence-corrected chi connectivity index (χ2v) is 25.5. The fourth-order valence-electron chi connectivity index (χ4n) is 10.3. The average molecular weight is 1230 g/mol. The monoisotopic (exact) mass is 1230 g/mol. The van der Waals surface area contributed by atoms with Gasteiger partial charge in [0.2, 0.25) is 0 Å². The summed E-state index contributed by atoms with van der Waals surface area (Å²) in [6.07, 6.45) is 99.0. The second kappa shape index (κ2) is 71.7. The van der Waals surface area contributed by atoms with Crippen LogP contribution in [-0.4, -0.2) is 49.3 Å². The van der Waals surface area contributed by atoms with Gasteiger partial charge in [0.15, 0.2) is 6.10 Å². The van der Waals surface area contributed by atoms with Crippen molar-refractivity contribution in [2.24, 2.45) is 5.73 Å². The maximum Gasteiger partial charge on any atom is 0.472 e. The van der Waals surface area contributed by atoms with Crippen molar-refractivity contribution >= 4 is 19.8 Å². The van der Waals surface area contributed by atoms with Crippen LogP contribution in [0.25, 0.3) is 0 Å². The summed E-state index contributed by atoms with van der Waals surface area (Å²) >= 11 is 0. The zero-order valence-electron chi connectivity index (χ0n) is 56.5. The lowest BCUT2D eigenvalue weighted by Gasteiger charge is -2.19. The second-order valence-electron chi connectivity index (χ2n) is 24.1. The summed E-state index contributed by atoms with van der Waals surface area (Å²) in [7, 11) is -4.40. The van der Waals surface area contributed by atoms with Crippen molar-refractivity contribution in [3.63, 3.8) is 0 Å². The van der Waals surface area contributed by atoms with E-state index in [2.05, 4.69) is 123 Å². The molecule has 502 valence electrons. The van der Waals surface area contributed by atoms with Crippen LogP contribution in [0, 0.1) is 0 Å². The number of unbranched alkanes of at least 4 members (excludes halogenated alkanes) is 37. The lowest BCUT2D eigenvalue weighted by molar-refractivity contribution is -0.161. The van der Waals surface area contributed by atoms with Crippen LogP contribution >= 0.6 is 7.82 Å². The third-order valence-corrected chi connectivity index (χ3v) is 16.6. The van der Waals surface area contributed by atoms with Gasteiger partial charge in [-0.05, 0) is 103 Å². The SMILES string of the molecule is CC/C=C\C/C=C\C/C=C\C/C=C\C/C=C\C/C=C\C/C=C\CCCCCCCCCCCCCCCCCCCCCC(=O)OC(COC(=O)CCCCCCCCCCCCCCC/C=C\C/C=C\CCCCCCC)COP(=O)(O)OCCN. The smallest absolute Gasteiger partial charge is 0.462 e. The van der Waals surface area contributed by atoms with Crippen LogP contribution < -0.4 is 5.73 Å². The summed E-state index contributed by atoms with van der Waals surface area (Å²) in [6.45, 7) is 3.66. The van der Waals surface area contributed by atoms with Crippen LogP contribution in [-0.2, 0) is 32.7 Å². The molecule has 0 saturated heterocycles. The summed E-state index contributed by atoms with van der Waals surface area (Å²) in [5, 5.41) is 0. The predicted molar refractivity (Wildman–Crippen MR) is 376 cm³/mol. The first-order chi connectivity index (χ1) is 42.8. The van der Waals surface area contributed by atoms with Crippen LogP contribution in [0.2, 0.25) is 0 Å². The van der Waals surface area contributed by atoms with Crippen molar-refractivity contribution < 1.29 is 37.6 Å². The van der Waals surface area contributed by atoms with E-state index in [9.17, 15) is 19.0 Å². The zero-order valence-corrected chi connectivity index (χ0v) is 57.4. The first-order valence-corrected chi connectivity index (χ1v) is 37.9. The summed E-state index contributed by atoms with van der Waals surface area (Å²) < 4.78 is 33.2. The highest BCUT2D eigenvalue weighted by atomic mass is 31.2. The Labute approximate surface area is 537 Å². The molecule has 0 rings (SSSR count). The molecule has 0 aromatic rings. The van der Waals surface area contributed by atoms with E-state index in [4.69, 9.17) is 24.3 Å². The molecule has 0 heterocycles. The summed E-state index contributed by atoms with van der Waals surface area (Å²) in [5.41, 5.74) is 5.40. The van der Waals surface area contributed by atoms with Gasteiger partial charge in [0.05, 0.1) is 13.2 Å². The molecule has 0 radical (unpaired) electrons. The molecular weight excluding hydrogens is 1100 g/mol. The normalized spacial score (nSPS) is 13.6. The fourth-order valence-corrected chi connectivity index (χ4v) is 11.1. The molecule has 87 heavy (non-hydrogen) atoms. The Morgan fingerprint density at radius 3 is 0.943 bits per heavy atom. The van der Waals surface area contributed by atoms with Crippen molar-refractivity contribution in [2.75, 3.05) is 26.4 Å². The number of hydrogen-bond donors (Lipinski definition) is 2. The van der Waals surface area contributed by atoms with Gasteiger partial charge in [0.1, 0.15) is 6.61 Å². The van der Waals surface area contributed by atoms with Crippen LogP contribution in [0.5, 0.6) is 0 Å². The van der Waals surface area contributed by atoms with Gasteiger partial charge in [0.25, 0.3) is 0 Å². The van der Waals surface area contributed by atoms with E-state index in [-0.39, 0.29) is 38.6 Å². The highest BCUT2D eigenvalue weighted by Gasteiger charge is 2.26. The Bertz CT molecular complexity index is 1800. The Kier molecular flexibility index (Phi) is 69.0. The number of nitrogens with two attached hydrogens (primary N) is 1. The quantitative estimate of drug-likeness (QED) is 0.0264. The third kappa shape index (κ3) is 71.6. The number of esters is 2. The van der Waals surface area contributed by atoms with Gasteiger partial charge in [-0.15, -0.1) is 0 Å². The van der Waals surface area contributed by atoms with Gasteiger partial charge >= 0.3 is 19.8 Å². The molecule has 0 fully saturated rings. The summed E-state index contributed by atoms with van der Waals surface area (Å²) in [6, 6.07) is 0. The zero-order chi connectivity index (χ0) is 63.0. The number of phosphoric ester groups is 1. The highest BCUT2D eigenvalue weighted by molar-refractivity contribution is 7.47. The van der Waals surface area contributed by atoms with Crippen LogP contribution in [0.1, 0.15) is 335 Å². The van der Waals surface area contributed by atoms with Gasteiger partial charge in [0, 0.05) is 19.4 Å². The van der Waals surface area contributed by atoms with E-state index in [0.29, 0.717) is 6.42 Å². The van der Waals surface area contributed by atoms with Crippen molar-refractivity contribution in [3.8, 4) is 0 Å². The van der Waals surface area contributed by atoms with E-state index >= 15 is 0 Å². The largest absolute Gasteiger partial charge is 0.472 e. The Morgan fingerprint density at radius 2 is 0.632 bits per heavy atom. The molecule has 0 saturated carbocycles. The molecule has 10 heteroatoms. The molecule has 2 atom stereocenters. The molecule has 2 unspecified atom stereocenters. The fraction of sp³-hybridized carbons (Fsp3) is 0.740. The number of allylic oxidation sites excluding steroid dienone is 18. The first-order valence-electron chi connectivity index (χ1n) is 36.4. The molecule has 0 aromatic heterocycles. The summed E-state index contributed by atoms with van der Waals surface area (Å²) in [4.78, 5) is 35.4. The highest BCUT2D eigenvalue weighted by Crippen LogP contribution is 2.43. The summed E-state index contributed by atoms with van der Waals surface area (Å²) in [5.74, 6) is -0.817. The average Bonchev–Trinajstić information content (AvgIpc) is 3.65. The minimum absolute atomic E-state index is 0.0518. The van der Waals surface area contributed by atoms with Crippen molar-refractivity contribution in [1.82, 2.24) is 0 Å². The Morgan fingerprint density at radius 1 is 0.356 bits per heavy atom. The van der Waals surface area contributed by atoms with Crippen LogP contribution in [0.3, 0.4) is 0 Å². The number of carbonyl (C=O) groups is 2. The number of carbonyl (C=O) groups excluding carboxylic acids is 2. The molecule has 3 N–H and O–H groups in total. The molecule has 0 aromatic carbocycles. The number of ether oxygens (including phenoxy) is 2.